The number of benzene rings is 1. The highest BCUT2D eigenvalue weighted by atomic mass is 79.9. The molecule has 2 nitrogen and oxygen atoms in total. The average Bonchev–Trinajstić information content (AvgIpc) is 2.01. The molecule has 15 heavy (non-hydrogen) atoms. The highest BCUT2D eigenvalue weighted by Crippen LogP contribution is 2.35. The zero-order chi connectivity index (χ0) is 10.9. The zero-order valence-corrected chi connectivity index (χ0v) is 9.66. The SMILES string of the molecule is Cl.N[C@H](c1ccc(Br)cc1O)C(F)(F)F. The summed E-state index contributed by atoms with van der Waals surface area (Å²) in [6, 6.07) is 1.54. The Kier molecular flexibility index (Phi) is 4.89. The number of phenols is 1. The van der Waals surface area contributed by atoms with Crippen molar-refractivity contribution in [2.24, 2.45) is 5.73 Å². The van der Waals surface area contributed by atoms with Gasteiger partial charge >= 0.3 is 6.18 Å². The zero-order valence-electron chi connectivity index (χ0n) is 7.25. The van der Waals surface area contributed by atoms with Crippen molar-refractivity contribution in [2.45, 2.75) is 12.2 Å². The van der Waals surface area contributed by atoms with E-state index in [9.17, 15) is 18.3 Å². The Balaban J connectivity index is 0.00000196. The molecule has 0 spiro atoms. The van der Waals surface area contributed by atoms with Gasteiger partial charge in [-0.3, -0.25) is 0 Å². The van der Waals surface area contributed by atoms with E-state index in [0.717, 1.165) is 6.07 Å². The minimum atomic E-state index is -4.55. The Morgan fingerprint density at radius 3 is 2.27 bits per heavy atom. The van der Waals surface area contributed by atoms with E-state index in [1.54, 1.807) is 0 Å². The molecular weight excluding hydrogens is 298 g/mol. The first-order valence-corrected chi connectivity index (χ1v) is 4.42. The van der Waals surface area contributed by atoms with Gasteiger partial charge in [-0.25, -0.2) is 0 Å². The van der Waals surface area contributed by atoms with Gasteiger partial charge in [0.05, 0.1) is 0 Å². The lowest BCUT2D eigenvalue weighted by atomic mass is 10.1. The maximum absolute atomic E-state index is 12.2. The molecule has 1 aromatic rings. The lowest BCUT2D eigenvalue weighted by Gasteiger charge is -2.16. The van der Waals surface area contributed by atoms with E-state index in [1.165, 1.54) is 12.1 Å². The summed E-state index contributed by atoms with van der Waals surface area (Å²) in [6.45, 7) is 0. The van der Waals surface area contributed by atoms with Crippen LogP contribution in [0.3, 0.4) is 0 Å². The predicted molar refractivity (Wildman–Crippen MR) is 56.0 cm³/mol. The summed E-state index contributed by atoms with van der Waals surface area (Å²) in [7, 11) is 0. The third-order valence-electron chi connectivity index (χ3n) is 1.68. The summed E-state index contributed by atoms with van der Waals surface area (Å²) in [5, 5.41) is 9.22. The average molecular weight is 307 g/mol. The van der Waals surface area contributed by atoms with Crippen LogP contribution in [0, 0.1) is 0 Å². The Labute approximate surface area is 98.8 Å². The smallest absolute Gasteiger partial charge is 0.407 e. The molecule has 1 rings (SSSR count). The van der Waals surface area contributed by atoms with E-state index < -0.39 is 18.0 Å². The molecule has 3 N–H and O–H groups in total. The van der Waals surface area contributed by atoms with E-state index >= 15 is 0 Å². The van der Waals surface area contributed by atoms with Crippen LogP contribution in [-0.4, -0.2) is 11.3 Å². The molecular formula is C8H8BrClF3NO. The van der Waals surface area contributed by atoms with Gasteiger partial charge in [0.1, 0.15) is 11.8 Å². The Morgan fingerprint density at radius 1 is 1.33 bits per heavy atom. The number of alkyl halides is 3. The largest absolute Gasteiger partial charge is 0.508 e. The van der Waals surface area contributed by atoms with Gasteiger partial charge in [-0.2, -0.15) is 13.2 Å². The molecule has 0 aliphatic rings. The van der Waals surface area contributed by atoms with Crippen molar-refractivity contribution >= 4 is 28.3 Å². The second-order valence-corrected chi connectivity index (χ2v) is 3.64. The van der Waals surface area contributed by atoms with Crippen molar-refractivity contribution in [2.75, 3.05) is 0 Å². The number of halogens is 5. The van der Waals surface area contributed by atoms with Crippen LogP contribution in [0.15, 0.2) is 22.7 Å². The standard InChI is InChI=1S/C8H7BrF3NO.ClH/c9-4-1-2-5(6(14)3-4)7(13)8(10,11)12;/h1-3,7,14H,13H2;1H/t7-;/m1./s1. The van der Waals surface area contributed by atoms with Gasteiger partial charge in [0.15, 0.2) is 0 Å². The van der Waals surface area contributed by atoms with Crippen molar-refractivity contribution in [3.05, 3.63) is 28.2 Å². The molecule has 1 atom stereocenters. The van der Waals surface area contributed by atoms with Crippen LogP contribution in [0.1, 0.15) is 11.6 Å². The van der Waals surface area contributed by atoms with Gasteiger partial charge in [0.25, 0.3) is 0 Å². The van der Waals surface area contributed by atoms with Gasteiger partial charge < -0.3 is 10.8 Å². The lowest BCUT2D eigenvalue weighted by Crippen LogP contribution is -2.28. The van der Waals surface area contributed by atoms with E-state index in [-0.39, 0.29) is 18.0 Å². The molecule has 0 aliphatic heterocycles. The number of phenolic OH excluding ortho intramolecular Hbond substituents is 1. The molecule has 86 valence electrons. The van der Waals surface area contributed by atoms with Gasteiger partial charge in [-0.05, 0) is 12.1 Å². The molecule has 0 saturated carbocycles. The first-order valence-electron chi connectivity index (χ1n) is 3.63. The molecule has 1 aromatic carbocycles. The summed E-state index contributed by atoms with van der Waals surface area (Å²) in [4.78, 5) is 0. The molecule has 0 heterocycles. The number of hydrogen-bond acceptors (Lipinski definition) is 2. The third kappa shape index (κ3) is 3.55. The summed E-state index contributed by atoms with van der Waals surface area (Å²) in [6.07, 6.45) is -4.55. The van der Waals surface area contributed by atoms with Crippen LogP contribution in [0.2, 0.25) is 0 Å². The van der Waals surface area contributed by atoms with Gasteiger partial charge in [0.2, 0.25) is 0 Å². The molecule has 0 aromatic heterocycles. The normalized spacial score (nSPS) is 13.1. The lowest BCUT2D eigenvalue weighted by molar-refractivity contribution is -0.149. The molecule has 0 amide bonds. The van der Waals surface area contributed by atoms with E-state index in [1.807, 2.05) is 0 Å². The molecule has 0 bridgehead atoms. The molecule has 0 radical (unpaired) electrons. The fraction of sp³-hybridized carbons (Fsp3) is 0.250. The molecule has 0 fully saturated rings. The summed E-state index contributed by atoms with van der Waals surface area (Å²) < 4.78 is 37.0. The van der Waals surface area contributed by atoms with Crippen LogP contribution in [0.5, 0.6) is 5.75 Å². The number of aromatic hydroxyl groups is 1. The number of nitrogens with two attached hydrogens (primary N) is 1. The van der Waals surface area contributed by atoms with E-state index in [4.69, 9.17) is 5.73 Å². The maximum Gasteiger partial charge on any atom is 0.407 e. The Hall–Kier alpha value is -0.460. The van der Waals surface area contributed by atoms with Crippen molar-refractivity contribution in [1.29, 1.82) is 0 Å². The van der Waals surface area contributed by atoms with E-state index in [0.29, 0.717) is 4.47 Å². The van der Waals surface area contributed by atoms with Gasteiger partial charge in [0, 0.05) is 10.0 Å². The van der Waals surface area contributed by atoms with Crippen LogP contribution in [-0.2, 0) is 0 Å². The van der Waals surface area contributed by atoms with Crippen molar-refractivity contribution < 1.29 is 18.3 Å². The Morgan fingerprint density at radius 2 is 1.87 bits per heavy atom. The van der Waals surface area contributed by atoms with Gasteiger partial charge in [-0.15, -0.1) is 12.4 Å². The Bertz CT molecular complexity index is 345. The van der Waals surface area contributed by atoms with Gasteiger partial charge in [-0.1, -0.05) is 22.0 Å². The molecule has 0 aliphatic carbocycles. The quantitative estimate of drug-likeness (QED) is 0.837. The predicted octanol–water partition coefficient (Wildman–Crippen LogP) is 3.14. The second kappa shape index (κ2) is 5.05. The maximum atomic E-state index is 12.2. The number of hydrogen-bond donors (Lipinski definition) is 2. The van der Waals surface area contributed by atoms with Crippen LogP contribution >= 0.6 is 28.3 Å². The highest BCUT2D eigenvalue weighted by molar-refractivity contribution is 9.10. The summed E-state index contributed by atoms with van der Waals surface area (Å²) in [5.74, 6) is -0.468. The summed E-state index contributed by atoms with van der Waals surface area (Å²) >= 11 is 3.01. The first kappa shape index (κ1) is 14.5. The van der Waals surface area contributed by atoms with Crippen LogP contribution in [0.25, 0.3) is 0 Å². The van der Waals surface area contributed by atoms with Crippen LogP contribution in [0.4, 0.5) is 13.2 Å². The molecule has 7 heteroatoms. The molecule has 0 saturated heterocycles. The van der Waals surface area contributed by atoms with Crippen molar-refractivity contribution in [3.8, 4) is 5.75 Å². The third-order valence-corrected chi connectivity index (χ3v) is 2.17. The van der Waals surface area contributed by atoms with Crippen LogP contribution < -0.4 is 5.73 Å². The van der Waals surface area contributed by atoms with Crippen molar-refractivity contribution in [1.82, 2.24) is 0 Å². The monoisotopic (exact) mass is 305 g/mol. The fourth-order valence-corrected chi connectivity index (χ4v) is 1.31. The summed E-state index contributed by atoms with van der Waals surface area (Å²) in [5.41, 5.74) is 4.59. The topological polar surface area (TPSA) is 46.2 Å². The highest BCUT2D eigenvalue weighted by Gasteiger charge is 2.39. The first-order chi connectivity index (χ1) is 6.32. The molecule has 0 unspecified atom stereocenters. The number of rotatable bonds is 1. The minimum Gasteiger partial charge on any atom is -0.508 e. The second-order valence-electron chi connectivity index (χ2n) is 2.72. The van der Waals surface area contributed by atoms with E-state index in [2.05, 4.69) is 15.9 Å². The van der Waals surface area contributed by atoms with Crippen molar-refractivity contribution in [3.63, 3.8) is 0 Å². The fourth-order valence-electron chi connectivity index (χ4n) is 0.956. The minimum absolute atomic E-state index is 0.